The molecule has 0 spiro atoms. The lowest BCUT2D eigenvalue weighted by Crippen LogP contribution is -2.25. The Kier molecular flexibility index (Phi) is 3.59. The molecule has 0 aliphatic carbocycles. The number of furan rings is 1. The Balaban J connectivity index is 2.12. The van der Waals surface area contributed by atoms with Gasteiger partial charge < -0.3 is 13.9 Å². The van der Waals surface area contributed by atoms with Gasteiger partial charge >= 0.3 is 0 Å². The molecule has 1 aromatic rings. The Bertz CT molecular complexity index is 365. The summed E-state index contributed by atoms with van der Waals surface area (Å²) in [6.07, 6.45) is 7.78. The van der Waals surface area contributed by atoms with Crippen molar-refractivity contribution in [3.05, 3.63) is 48.5 Å². The highest BCUT2D eigenvalue weighted by atomic mass is 16.7. The molecule has 2 atom stereocenters. The lowest BCUT2D eigenvalue weighted by Gasteiger charge is -2.28. The molecule has 0 unspecified atom stereocenters. The predicted molar refractivity (Wildman–Crippen MR) is 60.8 cm³/mol. The lowest BCUT2D eigenvalue weighted by atomic mass is 10.0. The van der Waals surface area contributed by atoms with Crippen molar-refractivity contribution in [2.75, 3.05) is 6.61 Å². The first-order valence-electron chi connectivity index (χ1n) is 5.46. The minimum Gasteiger partial charge on any atom is -0.472 e. The molecule has 0 amide bonds. The third-order valence-corrected chi connectivity index (χ3v) is 2.60. The van der Waals surface area contributed by atoms with Crippen LogP contribution in [0.2, 0.25) is 0 Å². The van der Waals surface area contributed by atoms with Crippen molar-refractivity contribution in [1.29, 1.82) is 0 Å². The van der Waals surface area contributed by atoms with Crippen LogP contribution in [0.15, 0.2) is 47.3 Å². The van der Waals surface area contributed by atoms with Gasteiger partial charge in [0.15, 0.2) is 6.29 Å². The first-order valence-corrected chi connectivity index (χ1v) is 5.46. The van der Waals surface area contributed by atoms with Crippen molar-refractivity contribution in [2.45, 2.75) is 25.7 Å². The minimum atomic E-state index is -0.309. The molecule has 0 saturated heterocycles. The molecule has 0 radical (unpaired) electrons. The van der Waals surface area contributed by atoms with Crippen LogP contribution in [-0.4, -0.2) is 12.9 Å². The fourth-order valence-corrected chi connectivity index (χ4v) is 1.76. The zero-order chi connectivity index (χ0) is 11.4. The van der Waals surface area contributed by atoms with E-state index in [4.69, 9.17) is 13.9 Å². The van der Waals surface area contributed by atoms with E-state index in [0.29, 0.717) is 6.61 Å². The van der Waals surface area contributed by atoms with Gasteiger partial charge in [-0.15, -0.1) is 0 Å². The van der Waals surface area contributed by atoms with Crippen molar-refractivity contribution in [3.63, 3.8) is 0 Å². The van der Waals surface area contributed by atoms with E-state index in [-0.39, 0.29) is 12.4 Å². The maximum absolute atomic E-state index is 5.85. The van der Waals surface area contributed by atoms with Crippen molar-refractivity contribution in [2.24, 2.45) is 0 Å². The molecule has 3 heteroatoms. The molecule has 1 aromatic heterocycles. The number of ether oxygens (including phenoxy) is 2. The van der Waals surface area contributed by atoms with Gasteiger partial charge in [0.25, 0.3) is 0 Å². The summed E-state index contributed by atoms with van der Waals surface area (Å²) < 4.78 is 16.4. The molecular formula is C13H16O3. The largest absolute Gasteiger partial charge is 0.472 e. The summed E-state index contributed by atoms with van der Waals surface area (Å²) in [5, 5.41) is 0. The number of rotatable bonds is 4. The molecule has 0 saturated carbocycles. The van der Waals surface area contributed by atoms with Crippen LogP contribution in [-0.2, 0) is 9.47 Å². The average Bonchev–Trinajstić information content (AvgIpc) is 2.83. The molecule has 0 aromatic carbocycles. The molecule has 1 aliphatic rings. The summed E-state index contributed by atoms with van der Waals surface area (Å²) in [7, 11) is 0. The van der Waals surface area contributed by atoms with Crippen LogP contribution in [0.25, 0.3) is 0 Å². The van der Waals surface area contributed by atoms with Crippen LogP contribution in [0.1, 0.15) is 25.0 Å². The van der Waals surface area contributed by atoms with Gasteiger partial charge in [-0.05, 0) is 19.4 Å². The van der Waals surface area contributed by atoms with Crippen molar-refractivity contribution in [3.8, 4) is 0 Å². The van der Waals surface area contributed by atoms with Crippen LogP contribution >= 0.6 is 0 Å². The summed E-state index contributed by atoms with van der Waals surface area (Å²) in [6.45, 7) is 6.33. The quantitative estimate of drug-likeness (QED) is 0.780. The van der Waals surface area contributed by atoms with E-state index in [1.807, 2.05) is 13.0 Å². The third kappa shape index (κ3) is 2.26. The van der Waals surface area contributed by atoms with Gasteiger partial charge in [-0.3, -0.25) is 0 Å². The molecule has 16 heavy (non-hydrogen) atoms. The Morgan fingerprint density at radius 2 is 2.50 bits per heavy atom. The number of hydrogen-bond donors (Lipinski definition) is 0. The highest BCUT2D eigenvalue weighted by Crippen LogP contribution is 2.31. The molecule has 2 rings (SSSR count). The standard InChI is InChI=1S/C13H16O3/c1-3-10-5-6-12(11-7-8-14-9-11)16-13(10)15-4-2/h3,5,7-9,12-13H,1,4,6H2,2H3/t12-,13+/m1/s1. The van der Waals surface area contributed by atoms with Gasteiger partial charge in [-0.2, -0.15) is 0 Å². The van der Waals surface area contributed by atoms with E-state index < -0.39 is 0 Å². The second-order valence-corrected chi connectivity index (χ2v) is 3.61. The lowest BCUT2D eigenvalue weighted by molar-refractivity contribution is -0.152. The van der Waals surface area contributed by atoms with Crippen LogP contribution in [0.4, 0.5) is 0 Å². The molecule has 0 fully saturated rings. The average molecular weight is 220 g/mol. The fourth-order valence-electron chi connectivity index (χ4n) is 1.76. The SMILES string of the molecule is C=CC1=CC[C@H](c2ccoc2)O[C@@H]1OCC. The van der Waals surface area contributed by atoms with Crippen LogP contribution < -0.4 is 0 Å². The Hall–Kier alpha value is -1.32. The van der Waals surface area contributed by atoms with Gasteiger partial charge in [-0.1, -0.05) is 18.7 Å². The zero-order valence-corrected chi connectivity index (χ0v) is 9.39. The summed E-state index contributed by atoms with van der Waals surface area (Å²) in [6, 6.07) is 1.92. The van der Waals surface area contributed by atoms with Gasteiger partial charge in [0, 0.05) is 17.7 Å². The molecule has 0 N–H and O–H groups in total. The van der Waals surface area contributed by atoms with Crippen molar-refractivity contribution >= 4 is 0 Å². The van der Waals surface area contributed by atoms with E-state index in [1.165, 1.54) is 0 Å². The van der Waals surface area contributed by atoms with Gasteiger partial charge in [-0.25, -0.2) is 0 Å². The molecule has 0 bridgehead atoms. The van der Waals surface area contributed by atoms with E-state index in [1.54, 1.807) is 18.6 Å². The van der Waals surface area contributed by atoms with Gasteiger partial charge in [0.2, 0.25) is 0 Å². The van der Waals surface area contributed by atoms with E-state index >= 15 is 0 Å². The number of hydrogen-bond acceptors (Lipinski definition) is 3. The van der Waals surface area contributed by atoms with Gasteiger partial charge in [0.05, 0.1) is 18.6 Å². The summed E-state index contributed by atoms with van der Waals surface area (Å²) in [5.74, 6) is 0. The monoisotopic (exact) mass is 220 g/mol. The molecule has 2 heterocycles. The zero-order valence-electron chi connectivity index (χ0n) is 9.39. The Morgan fingerprint density at radius 3 is 3.12 bits per heavy atom. The minimum absolute atomic E-state index is 0.0130. The highest BCUT2D eigenvalue weighted by molar-refractivity contribution is 5.24. The summed E-state index contributed by atoms with van der Waals surface area (Å²) in [4.78, 5) is 0. The molecule has 3 nitrogen and oxygen atoms in total. The summed E-state index contributed by atoms with van der Waals surface area (Å²) in [5.41, 5.74) is 2.05. The van der Waals surface area contributed by atoms with Crippen molar-refractivity contribution in [1.82, 2.24) is 0 Å². The van der Waals surface area contributed by atoms with E-state index in [9.17, 15) is 0 Å². The molecular weight excluding hydrogens is 204 g/mol. The Labute approximate surface area is 95.4 Å². The first kappa shape index (κ1) is 11.2. The van der Waals surface area contributed by atoms with Crippen LogP contribution in [0.3, 0.4) is 0 Å². The van der Waals surface area contributed by atoms with Crippen LogP contribution in [0.5, 0.6) is 0 Å². The first-order chi connectivity index (χ1) is 7.85. The van der Waals surface area contributed by atoms with Crippen molar-refractivity contribution < 1.29 is 13.9 Å². The van der Waals surface area contributed by atoms with Gasteiger partial charge in [0.1, 0.15) is 0 Å². The highest BCUT2D eigenvalue weighted by Gasteiger charge is 2.25. The maximum atomic E-state index is 5.85. The summed E-state index contributed by atoms with van der Waals surface area (Å²) >= 11 is 0. The molecule has 86 valence electrons. The maximum Gasteiger partial charge on any atom is 0.184 e. The predicted octanol–water partition coefficient (Wildman–Crippen LogP) is 3.22. The van der Waals surface area contributed by atoms with E-state index in [0.717, 1.165) is 17.6 Å². The van der Waals surface area contributed by atoms with Crippen LogP contribution in [0, 0.1) is 0 Å². The van der Waals surface area contributed by atoms with E-state index in [2.05, 4.69) is 12.7 Å². The third-order valence-electron chi connectivity index (χ3n) is 2.60. The second kappa shape index (κ2) is 5.14. The Morgan fingerprint density at radius 1 is 1.62 bits per heavy atom. The second-order valence-electron chi connectivity index (χ2n) is 3.61. The molecule has 1 aliphatic heterocycles. The smallest absolute Gasteiger partial charge is 0.184 e. The fraction of sp³-hybridized carbons (Fsp3) is 0.385. The topological polar surface area (TPSA) is 31.6 Å². The normalized spacial score (nSPS) is 25.2.